The zero-order valence-electron chi connectivity index (χ0n) is 12.4. The largest absolute Gasteiger partial charge is 0.481 e. The van der Waals surface area contributed by atoms with Gasteiger partial charge in [-0.05, 0) is 26.2 Å². The molecule has 1 atom stereocenters. The molecule has 0 aromatic carbocycles. The number of carbonyl (C=O) groups is 2. The fourth-order valence-electron chi connectivity index (χ4n) is 2.30. The lowest BCUT2D eigenvalue weighted by Crippen LogP contribution is -2.49. The molecule has 20 heavy (non-hydrogen) atoms. The highest BCUT2D eigenvalue weighted by atomic mass is 16.5. The molecule has 0 radical (unpaired) electrons. The second kappa shape index (κ2) is 7.59. The maximum absolute atomic E-state index is 12.4. The molecule has 6 heteroatoms. The van der Waals surface area contributed by atoms with E-state index in [0.717, 1.165) is 19.3 Å². The van der Waals surface area contributed by atoms with Crippen molar-refractivity contribution in [3.63, 3.8) is 0 Å². The minimum Gasteiger partial charge on any atom is -0.481 e. The summed E-state index contributed by atoms with van der Waals surface area (Å²) in [7, 11) is 0. The van der Waals surface area contributed by atoms with Crippen LogP contribution in [0.4, 0.5) is 0 Å². The second-order valence-corrected chi connectivity index (χ2v) is 5.62. The van der Waals surface area contributed by atoms with E-state index >= 15 is 0 Å². The van der Waals surface area contributed by atoms with Crippen LogP contribution >= 0.6 is 0 Å². The number of carboxylic acids is 1. The molecule has 1 unspecified atom stereocenters. The highest BCUT2D eigenvalue weighted by molar-refractivity contribution is 5.82. The zero-order valence-corrected chi connectivity index (χ0v) is 12.4. The van der Waals surface area contributed by atoms with Gasteiger partial charge >= 0.3 is 5.97 Å². The first-order valence-corrected chi connectivity index (χ1v) is 7.25. The van der Waals surface area contributed by atoms with Crippen LogP contribution in [0.3, 0.4) is 0 Å². The molecule has 0 aromatic rings. The Morgan fingerprint density at radius 3 is 2.45 bits per heavy atom. The molecule has 116 valence electrons. The summed E-state index contributed by atoms with van der Waals surface area (Å²) in [4.78, 5) is 24.7. The quantitative estimate of drug-likeness (QED) is 0.723. The van der Waals surface area contributed by atoms with E-state index in [-0.39, 0.29) is 25.0 Å². The van der Waals surface area contributed by atoms with Crippen LogP contribution in [0.5, 0.6) is 0 Å². The van der Waals surface area contributed by atoms with Crippen LogP contribution in [0, 0.1) is 5.41 Å². The number of carboxylic acid groups (broad SMARTS) is 1. The van der Waals surface area contributed by atoms with Crippen LogP contribution < -0.4 is 5.73 Å². The van der Waals surface area contributed by atoms with Crippen LogP contribution in [-0.4, -0.2) is 54.2 Å². The highest BCUT2D eigenvalue weighted by Gasteiger charge is 2.35. The van der Waals surface area contributed by atoms with E-state index in [1.165, 1.54) is 0 Å². The van der Waals surface area contributed by atoms with Crippen molar-refractivity contribution in [3.05, 3.63) is 0 Å². The third-order valence-electron chi connectivity index (χ3n) is 4.15. The second-order valence-electron chi connectivity index (χ2n) is 5.62. The van der Waals surface area contributed by atoms with Crippen molar-refractivity contribution in [1.82, 2.24) is 4.90 Å². The lowest BCUT2D eigenvalue weighted by atomic mass is 9.85. The van der Waals surface area contributed by atoms with Gasteiger partial charge < -0.3 is 20.5 Å². The van der Waals surface area contributed by atoms with Crippen molar-refractivity contribution in [1.29, 1.82) is 0 Å². The third kappa shape index (κ3) is 4.45. The molecule has 0 spiro atoms. The Bertz CT molecular complexity index is 334. The molecule has 1 fully saturated rings. The van der Waals surface area contributed by atoms with Gasteiger partial charge in [0.25, 0.3) is 0 Å². The summed E-state index contributed by atoms with van der Waals surface area (Å²) in [5.74, 6) is -0.731. The Labute approximate surface area is 120 Å². The standard InChI is InChI=1S/C14H26N2O4/c1-3-14(2,10-15)13(19)16-7-4-11(5-8-16)20-9-6-12(17)18/h11H,3-10,15H2,1-2H3,(H,17,18). The molecule has 0 bridgehead atoms. The van der Waals surface area contributed by atoms with Crippen LogP contribution in [0.25, 0.3) is 0 Å². The summed E-state index contributed by atoms with van der Waals surface area (Å²) >= 11 is 0. The average molecular weight is 286 g/mol. The van der Waals surface area contributed by atoms with E-state index in [1.54, 1.807) is 0 Å². The summed E-state index contributed by atoms with van der Waals surface area (Å²) in [5.41, 5.74) is 5.24. The van der Waals surface area contributed by atoms with E-state index in [1.807, 2.05) is 18.7 Å². The molecular formula is C14H26N2O4. The predicted octanol–water partition coefficient (Wildman–Crippen LogP) is 0.844. The number of rotatable bonds is 7. The number of nitrogens with two attached hydrogens (primary N) is 1. The first-order valence-electron chi connectivity index (χ1n) is 7.25. The van der Waals surface area contributed by atoms with Crippen molar-refractivity contribution in [2.24, 2.45) is 11.1 Å². The SMILES string of the molecule is CCC(C)(CN)C(=O)N1CCC(OCCC(=O)O)CC1. The summed E-state index contributed by atoms with van der Waals surface area (Å²) in [6, 6.07) is 0. The van der Waals surface area contributed by atoms with Gasteiger partial charge in [0.2, 0.25) is 5.91 Å². The number of nitrogens with zero attached hydrogens (tertiary/aromatic N) is 1. The number of amides is 1. The maximum Gasteiger partial charge on any atom is 0.305 e. The first-order chi connectivity index (χ1) is 9.42. The molecule has 1 aliphatic rings. The number of carbonyl (C=O) groups excluding carboxylic acids is 1. The number of likely N-dealkylation sites (tertiary alicyclic amines) is 1. The van der Waals surface area contributed by atoms with Crippen molar-refractivity contribution in [3.8, 4) is 0 Å². The number of ether oxygens (including phenoxy) is 1. The van der Waals surface area contributed by atoms with E-state index < -0.39 is 11.4 Å². The van der Waals surface area contributed by atoms with Crippen LogP contribution in [0.2, 0.25) is 0 Å². The van der Waals surface area contributed by atoms with Gasteiger partial charge in [-0.25, -0.2) is 0 Å². The van der Waals surface area contributed by atoms with Crippen LogP contribution in [0.15, 0.2) is 0 Å². The number of aliphatic carboxylic acids is 1. The van der Waals surface area contributed by atoms with Gasteiger partial charge in [-0.1, -0.05) is 6.92 Å². The molecule has 1 aliphatic heterocycles. The Morgan fingerprint density at radius 2 is 2.00 bits per heavy atom. The normalized spacial score (nSPS) is 19.6. The maximum atomic E-state index is 12.4. The fourth-order valence-corrected chi connectivity index (χ4v) is 2.30. The van der Waals surface area contributed by atoms with Gasteiger partial charge in [-0.15, -0.1) is 0 Å². The highest BCUT2D eigenvalue weighted by Crippen LogP contribution is 2.25. The summed E-state index contributed by atoms with van der Waals surface area (Å²) < 4.78 is 5.52. The summed E-state index contributed by atoms with van der Waals surface area (Å²) in [6.45, 7) is 5.80. The molecular weight excluding hydrogens is 260 g/mol. The topological polar surface area (TPSA) is 92.9 Å². The predicted molar refractivity (Wildman–Crippen MR) is 75.3 cm³/mol. The van der Waals surface area contributed by atoms with Crippen molar-refractivity contribution in [2.75, 3.05) is 26.2 Å². The Balaban J connectivity index is 2.38. The Hall–Kier alpha value is -1.14. The van der Waals surface area contributed by atoms with E-state index in [4.69, 9.17) is 15.6 Å². The van der Waals surface area contributed by atoms with Gasteiger partial charge in [0.05, 0.1) is 24.5 Å². The van der Waals surface area contributed by atoms with Crippen molar-refractivity contribution >= 4 is 11.9 Å². The van der Waals surface area contributed by atoms with Crippen molar-refractivity contribution in [2.45, 2.75) is 45.6 Å². The van der Waals surface area contributed by atoms with E-state index in [0.29, 0.717) is 19.6 Å². The monoisotopic (exact) mass is 286 g/mol. The molecule has 6 nitrogen and oxygen atoms in total. The molecule has 1 amide bonds. The number of hydrogen-bond acceptors (Lipinski definition) is 4. The van der Waals surface area contributed by atoms with Gasteiger partial charge in [-0.3, -0.25) is 9.59 Å². The Morgan fingerprint density at radius 1 is 1.40 bits per heavy atom. The first kappa shape index (κ1) is 16.9. The lowest BCUT2D eigenvalue weighted by molar-refractivity contribution is -0.143. The average Bonchev–Trinajstić information content (AvgIpc) is 2.46. The molecule has 0 saturated carbocycles. The van der Waals surface area contributed by atoms with Crippen molar-refractivity contribution < 1.29 is 19.4 Å². The lowest BCUT2D eigenvalue weighted by Gasteiger charge is -2.37. The smallest absolute Gasteiger partial charge is 0.305 e. The number of piperidine rings is 1. The Kier molecular flexibility index (Phi) is 6.42. The minimum atomic E-state index is -0.848. The van der Waals surface area contributed by atoms with Gasteiger partial charge in [0.15, 0.2) is 0 Å². The van der Waals surface area contributed by atoms with Gasteiger partial charge in [0.1, 0.15) is 0 Å². The molecule has 1 rings (SSSR count). The molecule has 1 saturated heterocycles. The van der Waals surface area contributed by atoms with E-state index in [9.17, 15) is 9.59 Å². The number of hydrogen-bond donors (Lipinski definition) is 2. The van der Waals surface area contributed by atoms with Crippen LogP contribution in [0.1, 0.15) is 39.5 Å². The zero-order chi connectivity index (χ0) is 15.2. The summed E-state index contributed by atoms with van der Waals surface area (Å²) in [5, 5.41) is 8.56. The third-order valence-corrected chi connectivity index (χ3v) is 4.15. The molecule has 0 aliphatic carbocycles. The van der Waals surface area contributed by atoms with Gasteiger partial charge in [-0.2, -0.15) is 0 Å². The molecule has 0 aromatic heterocycles. The fraction of sp³-hybridized carbons (Fsp3) is 0.857. The van der Waals surface area contributed by atoms with Crippen LogP contribution in [-0.2, 0) is 14.3 Å². The summed E-state index contributed by atoms with van der Waals surface area (Å²) in [6.07, 6.45) is 2.34. The van der Waals surface area contributed by atoms with Gasteiger partial charge in [0, 0.05) is 19.6 Å². The van der Waals surface area contributed by atoms with E-state index in [2.05, 4.69) is 0 Å². The molecule has 3 N–H and O–H groups in total. The minimum absolute atomic E-state index is 0.0280. The molecule has 1 heterocycles.